The summed E-state index contributed by atoms with van der Waals surface area (Å²) in [6, 6.07) is 5.85. The van der Waals surface area contributed by atoms with E-state index in [1.165, 1.54) is 18.2 Å². The summed E-state index contributed by atoms with van der Waals surface area (Å²) in [5, 5.41) is 3.26. The van der Waals surface area contributed by atoms with Crippen LogP contribution in [0, 0.1) is 0 Å². The highest BCUT2D eigenvalue weighted by atomic mass is 19.1. The molecule has 2 nitrogen and oxygen atoms in total. The first-order valence-corrected chi connectivity index (χ1v) is 4.89. The molecular formula is C11H14FNO. The number of fused-ring (bicyclic) bond motifs is 1. The van der Waals surface area contributed by atoms with Gasteiger partial charge < -0.3 is 10.1 Å². The molecule has 0 aromatic heterocycles. The second-order valence-corrected chi connectivity index (χ2v) is 3.59. The van der Waals surface area contributed by atoms with Gasteiger partial charge >= 0.3 is 0 Å². The molecule has 0 aliphatic carbocycles. The Balaban J connectivity index is 2.05. The van der Waals surface area contributed by atoms with Crippen LogP contribution >= 0.6 is 0 Å². The summed E-state index contributed by atoms with van der Waals surface area (Å²) in [5.74, 6) is 0.761. The van der Waals surface area contributed by atoms with Crippen molar-refractivity contribution < 1.29 is 9.13 Å². The van der Waals surface area contributed by atoms with E-state index < -0.39 is 6.17 Å². The molecule has 1 aliphatic heterocycles. The van der Waals surface area contributed by atoms with Crippen LogP contribution in [0.3, 0.4) is 0 Å². The smallest absolute Gasteiger partial charge is 0.131 e. The van der Waals surface area contributed by atoms with Gasteiger partial charge in [-0.25, -0.2) is 4.39 Å². The van der Waals surface area contributed by atoms with E-state index in [4.69, 9.17) is 4.74 Å². The summed E-state index contributed by atoms with van der Waals surface area (Å²) in [6.45, 7) is 2.61. The third kappa shape index (κ3) is 1.97. The maximum Gasteiger partial charge on any atom is 0.131 e. The molecule has 0 bridgehead atoms. The van der Waals surface area contributed by atoms with Crippen molar-refractivity contribution in [3.8, 4) is 5.75 Å². The Labute approximate surface area is 83.1 Å². The Morgan fingerprint density at radius 1 is 1.57 bits per heavy atom. The molecule has 1 atom stereocenters. The Bertz CT molecular complexity index is 325. The average Bonchev–Trinajstić information content (AvgIpc) is 2.61. The molecule has 76 valence electrons. The van der Waals surface area contributed by atoms with Crippen LogP contribution in [0.5, 0.6) is 5.75 Å². The van der Waals surface area contributed by atoms with E-state index in [1.807, 2.05) is 18.2 Å². The maximum absolute atomic E-state index is 12.5. The van der Waals surface area contributed by atoms with E-state index in [2.05, 4.69) is 5.32 Å². The summed E-state index contributed by atoms with van der Waals surface area (Å²) in [6.07, 6.45) is 0.110. The zero-order chi connectivity index (χ0) is 9.97. The molecule has 1 aromatic carbocycles. The van der Waals surface area contributed by atoms with Crippen LogP contribution in [0.1, 0.15) is 12.5 Å². The number of halogens is 1. The summed E-state index contributed by atoms with van der Waals surface area (Å²) in [4.78, 5) is 0. The van der Waals surface area contributed by atoms with Crippen molar-refractivity contribution in [1.82, 2.24) is 0 Å². The molecule has 1 unspecified atom stereocenters. The molecule has 0 radical (unpaired) electrons. The van der Waals surface area contributed by atoms with Gasteiger partial charge in [-0.15, -0.1) is 0 Å². The molecule has 0 fully saturated rings. The van der Waals surface area contributed by atoms with Crippen molar-refractivity contribution in [3.05, 3.63) is 23.8 Å². The summed E-state index contributed by atoms with van der Waals surface area (Å²) in [7, 11) is 0. The third-order valence-electron chi connectivity index (χ3n) is 2.27. The summed E-state index contributed by atoms with van der Waals surface area (Å²) in [5.41, 5.74) is 2.43. The molecule has 0 saturated heterocycles. The van der Waals surface area contributed by atoms with Crippen LogP contribution < -0.4 is 10.1 Å². The second kappa shape index (κ2) is 3.86. The molecule has 3 heteroatoms. The Morgan fingerprint density at radius 2 is 2.43 bits per heavy atom. The minimum absolute atomic E-state index is 0.131. The fourth-order valence-corrected chi connectivity index (χ4v) is 1.58. The van der Waals surface area contributed by atoms with E-state index in [0.29, 0.717) is 0 Å². The lowest BCUT2D eigenvalue weighted by Crippen LogP contribution is -2.08. The minimum Gasteiger partial charge on any atom is -0.491 e. The van der Waals surface area contributed by atoms with Gasteiger partial charge in [-0.3, -0.25) is 0 Å². The standard InChI is InChI=1S/C11H14FNO/c1-8(12)7-14-10-2-3-11-9(6-10)4-5-13-11/h2-3,6,8,13H,4-5,7H2,1H3. The molecule has 1 aromatic rings. The predicted molar refractivity (Wildman–Crippen MR) is 54.7 cm³/mol. The van der Waals surface area contributed by atoms with Crippen LogP contribution in [0.2, 0.25) is 0 Å². The lowest BCUT2D eigenvalue weighted by Gasteiger charge is -2.08. The number of rotatable bonds is 3. The first-order chi connectivity index (χ1) is 6.75. The van der Waals surface area contributed by atoms with Crippen molar-refractivity contribution in [2.45, 2.75) is 19.5 Å². The number of benzene rings is 1. The molecule has 2 rings (SSSR count). The first kappa shape index (κ1) is 9.31. The van der Waals surface area contributed by atoms with Gasteiger partial charge in [0.05, 0.1) is 0 Å². The zero-order valence-electron chi connectivity index (χ0n) is 8.22. The van der Waals surface area contributed by atoms with Gasteiger partial charge in [0.25, 0.3) is 0 Å². The molecule has 1 N–H and O–H groups in total. The molecule has 0 saturated carbocycles. The largest absolute Gasteiger partial charge is 0.491 e. The van der Waals surface area contributed by atoms with E-state index in [9.17, 15) is 4.39 Å². The summed E-state index contributed by atoms with van der Waals surface area (Å²) < 4.78 is 17.8. The quantitative estimate of drug-likeness (QED) is 0.799. The highest BCUT2D eigenvalue weighted by Crippen LogP contribution is 2.26. The Kier molecular flexibility index (Phi) is 2.57. The number of hydrogen-bond donors (Lipinski definition) is 1. The number of hydrogen-bond acceptors (Lipinski definition) is 2. The van der Waals surface area contributed by atoms with Crippen molar-refractivity contribution in [3.63, 3.8) is 0 Å². The van der Waals surface area contributed by atoms with Gasteiger partial charge in [-0.1, -0.05) is 0 Å². The lowest BCUT2D eigenvalue weighted by atomic mass is 10.1. The molecular weight excluding hydrogens is 181 g/mol. The molecule has 14 heavy (non-hydrogen) atoms. The van der Waals surface area contributed by atoms with Gasteiger partial charge in [0.1, 0.15) is 18.5 Å². The Hall–Kier alpha value is -1.25. The van der Waals surface area contributed by atoms with Crippen molar-refractivity contribution in [2.75, 3.05) is 18.5 Å². The van der Waals surface area contributed by atoms with Crippen LogP contribution in [0.25, 0.3) is 0 Å². The normalized spacial score (nSPS) is 15.9. The van der Waals surface area contributed by atoms with E-state index in [-0.39, 0.29) is 6.61 Å². The average molecular weight is 195 g/mol. The molecule has 0 spiro atoms. The van der Waals surface area contributed by atoms with Crippen LogP contribution in [-0.4, -0.2) is 19.3 Å². The van der Waals surface area contributed by atoms with E-state index >= 15 is 0 Å². The lowest BCUT2D eigenvalue weighted by molar-refractivity contribution is 0.209. The third-order valence-corrected chi connectivity index (χ3v) is 2.27. The van der Waals surface area contributed by atoms with Gasteiger partial charge in [0, 0.05) is 12.2 Å². The summed E-state index contributed by atoms with van der Waals surface area (Å²) >= 11 is 0. The number of ether oxygens (including phenoxy) is 1. The van der Waals surface area contributed by atoms with Crippen LogP contribution in [0.4, 0.5) is 10.1 Å². The molecule has 1 heterocycles. The maximum atomic E-state index is 12.5. The van der Waals surface area contributed by atoms with E-state index in [0.717, 1.165) is 18.7 Å². The van der Waals surface area contributed by atoms with Gasteiger partial charge in [0.15, 0.2) is 0 Å². The SMILES string of the molecule is CC(F)COc1ccc2c(c1)CCN2. The van der Waals surface area contributed by atoms with E-state index in [1.54, 1.807) is 0 Å². The number of nitrogens with one attached hydrogen (secondary N) is 1. The monoisotopic (exact) mass is 195 g/mol. The van der Waals surface area contributed by atoms with Crippen LogP contribution in [0.15, 0.2) is 18.2 Å². The fraction of sp³-hybridized carbons (Fsp3) is 0.455. The fourth-order valence-electron chi connectivity index (χ4n) is 1.58. The highest BCUT2D eigenvalue weighted by molar-refractivity contribution is 5.57. The Morgan fingerprint density at radius 3 is 3.21 bits per heavy atom. The van der Waals surface area contributed by atoms with Gasteiger partial charge in [-0.2, -0.15) is 0 Å². The second-order valence-electron chi connectivity index (χ2n) is 3.59. The number of anilines is 1. The zero-order valence-corrected chi connectivity index (χ0v) is 8.22. The van der Waals surface area contributed by atoms with Crippen molar-refractivity contribution in [2.24, 2.45) is 0 Å². The topological polar surface area (TPSA) is 21.3 Å². The number of alkyl halides is 1. The minimum atomic E-state index is -0.915. The molecule has 1 aliphatic rings. The van der Waals surface area contributed by atoms with Gasteiger partial charge in [0.2, 0.25) is 0 Å². The first-order valence-electron chi connectivity index (χ1n) is 4.89. The predicted octanol–water partition coefficient (Wildman–Crippen LogP) is 2.39. The van der Waals surface area contributed by atoms with Crippen molar-refractivity contribution >= 4 is 5.69 Å². The van der Waals surface area contributed by atoms with Gasteiger partial charge in [-0.05, 0) is 37.1 Å². The molecule has 0 amide bonds. The highest BCUT2D eigenvalue weighted by Gasteiger charge is 2.10. The van der Waals surface area contributed by atoms with Crippen molar-refractivity contribution in [1.29, 1.82) is 0 Å². The van der Waals surface area contributed by atoms with Crippen LogP contribution in [-0.2, 0) is 6.42 Å².